The van der Waals surface area contributed by atoms with Crippen LogP contribution in [0.3, 0.4) is 0 Å². The van der Waals surface area contributed by atoms with E-state index >= 15 is 0 Å². The molecule has 2 aromatic rings. The van der Waals surface area contributed by atoms with Crippen molar-refractivity contribution in [2.45, 2.75) is 26.7 Å². The molecular formula is C15H16Cl2N2O2. The van der Waals surface area contributed by atoms with E-state index in [0.29, 0.717) is 34.1 Å². The maximum Gasteiger partial charge on any atom is 0.162 e. The smallest absolute Gasteiger partial charge is 0.162 e. The van der Waals surface area contributed by atoms with Crippen LogP contribution in [0.4, 0.5) is 0 Å². The third-order valence-electron chi connectivity index (χ3n) is 2.92. The minimum absolute atomic E-state index is 0.0698. The van der Waals surface area contributed by atoms with Gasteiger partial charge < -0.3 is 9.84 Å². The Balaban J connectivity index is 2.45. The van der Waals surface area contributed by atoms with Crippen molar-refractivity contribution in [3.8, 4) is 22.9 Å². The largest absolute Gasteiger partial charge is 0.504 e. The highest BCUT2D eigenvalue weighted by Crippen LogP contribution is 2.32. The first kappa shape index (κ1) is 15.9. The lowest BCUT2D eigenvalue weighted by atomic mass is 10.1. The molecule has 21 heavy (non-hydrogen) atoms. The molecule has 0 atom stereocenters. The van der Waals surface area contributed by atoms with E-state index in [9.17, 15) is 5.11 Å². The van der Waals surface area contributed by atoms with E-state index in [0.717, 1.165) is 18.4 Å². The molecule has 0 saturated carbocycles. The fraction of sp³-hybridized carbons (Fsp3) is 0.333. The van der Waals surface area contributed by atoms with Gasteiger partial charge in [-0.2, -0.15) is 0 Å². The molecule has 1 aromatic carbocycles. The number of aromatic hydroxyl groups is 1. The van der Waals surface area contributed by atoms with E-state index in [1.165, 1.54) is 6.07 Å². The van der Waals surface area contributed by atoms with Crippen molar-refractivity contribution in [2.24, 2.45) is 0 Å². The van der Waals surface area contributed by atoms with Gasteiger partial charge in [-0.3, -0.25) is 0 Å². The third-order valence-corrected chi connectivity index (χ3v) is 3.55. The van der Waals surface area contributed by atoms with Crippen molar-refractivity contribution in [3.05, 3.63) is 34.1 Å². The predicted molar refractivity (Wildman–Crippen MR) is 84.3 cm³/mol. The Morgan fingerprint density at radius 3 is 2.38 bits per heavy atom. The number of rotatable bonds is 5. The summed E-state index contributed by atoms with van der Waals surface area (Å²) in [6.45, 7) is 4.33. The van der Waals surface area contributed by atoms with Crippen molar-refractivity contribution in [1.82, 2.24) is 9.97 Å². The molecule has 0 radical (unpaired) electrons. The van der Waals surface area contributed by atoms with Crippen molar-refractivity contribution >= 4 is 23.2 Å². The summed E-state index contributed by atoms with van der Waals surface area (Å²) < 4.78 is 5.35. The quantitative estimate of drug-likeness (QED) is 0.821. The predicted octanol–water partition coefficient (Wildman–Crippen LogP) is 4.51. The molecule has 1 aromatic heterocycles. The van der Waals surface area contributed by atoms with E-state index in [1.807, 2.05) is 13.8 Å². The molecule has 0 aliphatic heterocycles. The van der Waals surface area contributed by atoms with Gasteiger partial charge in [0.05, 0.1) is 6.61 Å². The number of halogens is 2. The first-order valence-corrected chi connectivity index (χ1v) is 7.50. The molecule has 0 aliphatic carbocycles. The fourth-order valence-corrected chi connectivity index (χ4v) is 2.52. The summed E-state index contributed by atoms with van der Waals surface area (Å²) in [6.07, 6.45) is 1.65. The van der Waals surface area contributed by atoms with E-state index in [1.54, 1.807) is 12.1 Å². The Bertz CT molecular complexity index is 625. The SMILES string of the molecule is CCCc1c(Cl)nc(-c2ccc(O)c(OCC)c2)nc1Cl. The number of aromatic nitrogens is 2. The summed E-state index contributed by atoms with van der Waals surface area (Å²) in [7, 11) is 0. The highest BCUT2D eigenvalue weighted by atomic mass is 35.5. The van der Waals surface area contributed by atoms with Crippen molar-refractivity contribution in [3.63, 3.8) is 0 Å². The Kier molecular flexibility index (Phi) is 5.26. The molecular weight excluding hydrogens is 311 g/mol. The molecule has 0 aliphatic rings. The van der Waals surface area contributed by atoms with Crippen molar-refractivity contribution in [1.29, 1.82) is 0 Å². The molecule has 112 valence electrons. The van der Waals surface area contributed by atoms with Gasteiger partial charge in [-0.15, -0.1) is 0 Å². The van der Waals surface area contributed by atoms with Crippen LogP contribution in [0.25, 0.3) is 11.4 Å². The van der Waals surface area contributed by atoms with Gasteiger partial charge in [0.1, 0.15) is 10.3 Å². The minimum atomic E-state index is 0.0698. The van der Waals surface area contributed by atoms with E-state index in [2.05, 4.69) is 9.97 Å². The number of hydrogen-bond donors (Lipinski definition) is 1. The van der Waals surface area contributed by atoms with E-state index in [4.69, 9.17) is 27.9 Å². The van der Waals surface area contributed by atoms with Crippen LogP contribution < -0.4 is 4.74 Å². The lowest BCUT2D eigenvalue weighted by molar-refractivity contribution is 0.318. The van der Waals surface area contributed by atoms with Crippen molar-refractivity contribution < 1.29 is 9.84 Å². The highest BCUT2D eigenvalue weighted by molar-refractivity contribution is 6.34. The average molecular weight is 327 g/mol. The first-order valence-electron chi connectivity index (χ1n) is 6.74. The molecule has 0 unspecified atom stereocenters. The number of phenols is 1. The molecule has 0 fully saturated rings. The Morgan fingerprint density at radius 2 is 1.81 bits per heavy atom. The van der Waals surface area contributed by atoms with Crippen LogP contribution in [0.2, 0.25) is 10.3 Å². The van der Waals surface area contributed by atoms with Crippen LogP contribution in [-0.4, -0.2) is 21.7 Å². The maximum absolute atomic E-state index is 9.72. The van der Waals surface area contributed by atoms with Crippen molar-refractivity contribution in [2.75, 3.05) is 6.61 Å². The number of benzene rings is 1. The second-order valence-electron chi connectivity index (χ2n) is 4.47. The van der Waals surface area contributed by atoms with E-state index in [-0.39, 0.29) is 5.75 Å². The molecule has 0 amide bonds. The molecule has 6 heteroatoms. The lowest BCUT2D eigenvalue weighted by Gasteiger charge is -2.10. The standard InChI is InChI=1S/C15H16Cl2N2O2/c1-3-5-10-13(16)18-15(19-14(10)17)9-6-7-11(20)12(8-9)21-4-2/h6-8,20H,3-5H2,1-2H3. The molecule has 0 bridgehead atoms. The van der Waals surface area contributed by atoms with Gasteiger partial charge in [0.15, 0.2) is 17.3 Å². The van der Waals surface area contributed by atoms with Crippen LogP contribution in [0.1, 0.15) is 25.8 Å². The lowest BCUT2D eigenvalue weighted by Crippen LogP contribution is -1.98. The van der Waals surface area contributed by atoms with Crippen LogP contribution in [0, 0.1) is 0 Å². The summed E-state index contributed by atoms with van der Waals surface area (Å²) >= 11 is 12.4. The molecule has 1 heterocycles. The molecule has 2 rings (SSSR count). The highest BCUT2D eigenvalue weighted by Gasteiger charge is 2.13. The Morgan fingerprint density at radius 1 is 1.14 bits per heavy atom. The minimum Gasteiger partial charge on any atom is -0.504 e. The average Bonchev–Trinajstić information content (AvgIpc) is 2.45. The van der Waals surface area contributed by atoms with Crippen LogP contribution in [0.15, 0.2) is 18.2 Å². The summed E-state index contributed by atoms with van der Waals surface area (Å²) in [5.74, 6) is 0.856. The normalized spacial score (nSPS) is 10.7. The van der Waals surface area contributed by atoms with Crippen LogP contribution >= 0.6 is 23.2 Å². The molecule has 0 spiro atoms. The molecule has 0 saturated heterocycles. The summed E-state index contributed by atoms with van der Waals surface area (Å²) in [5.41, 5.74) is 1.44. The van der Waals surface area contributed by atoms with Gasteiger partial charge in [0.2, 0.25) is 0 Å². The molecule has 1 N–H and O–H groups in total. The fourth-order valence-electron chi connectivity index (χ4n) is 1.94. The third kappa shape index (κ3) is 3.57. The van der Waals surface area contributed by atoms with Crippen LogP contribution in [0.5, 0.6) is 11.5 Å². The topological polar surface area (TPSA) is 55.2 Å². The van der Waals surface area contributed by atoms with Gasteiger partial charge in [0, 0.05) is 11.1 Å². The van der Waals surface area contributed by atoms with Gasteiger partial charge in [-0.05, 0) is 31.5 Å². The first-order chi connectivity index (χ1) is 10.1. The summed E-state index contributed by atoms with van der Waals surface area (Å²) in [5, 5.41) is 10.4. The summed E-state index contributed by atoms with van der Waals surface area (Å²) in [4.78, 5) is 8.57. The van der Waals surface area contributed by atoms with Gasteiger partial charge in [-0.1, -0.05) is 36.5 Å². The van der Waals surface area contributed by atoms with Gasteiger partial charge in [-0.25, -0.2) is 9.97 Å². The van der Waals surface area contributed by atoms with E-state index < -0.39 is 0 Å². The Hall–Kier alpha value is -1.52. The zero-order valence-corrected chi connectivity index (χ0v) is 13.4. The van der Waals surface area contributed by atoms with Gasteiger partial charge >= 0.3 is 0 Å². The zero-order chi connectivity index (χ0) is 15.4. The monoisotopic (exact) mass is 326 g/mol. The number of ether oxygens (including phenoxy) is 1. The maximum atomic E-state index is 9.72. The number of phenolic OH excluding ortho intramolecular Hbond substituents is 1. The van der Waals surface area contributed by atoms with Gasteiger partial charge in [0.25, 0.3) is 0 Å². The summed E-state index contributed by atoms with van der Waals surface area (Å²) in [6, 6.07) is 4.89. The van der Waals surface area contributed by atoms with Crippen LogP contribution in [-0.2, 0) is 6.42 Å². The molecule has 4 nitrogen and oxygen atoms in total. The number of nitrogens with zero attached hydrogens (tertiary/aromatic N) is 2. The second-order valence-corrected chi connectivity index (χ2v) is 5.19. The second kappa shape index (κ2) is 6.96. The Labute approximate surface area is 133 Å². The number of hydrogen-bond acceptors (Lipinski definition) is 4. The zero-order valence-electron chi connectivity index (χ0n) is 11.9.